The Kier molecular flexibility index (Phi) is 5.09. The van der Waals surface area contributed by atoms with E-state index < -0.39 is 4.92 Å². The van der Waals surface area contributed by atoms with Crippen LogP contribution in [0.15, 0.2) is 18.5 Å². The van der Waals surface area contributed by atoms with E-state index in [0.717, 1.165) is 17.8 Å². The first kappa shape index (κ1) is 16.7. The molecule has 124 valence electrons. The van der Waals surface area contributed by atoms with Gasteiger partial charge in [0.05, 0.1) is 30.1 Å². The summed E-state index contributed by atoms with van der Waals surface area (Å²) in [5, 5.41) is 18.6. The number of nitro groups is 1. The number of aromatic nitrogens is 4. The maximum absolute atomic E-state index is 12.2. The lowest BCUT2D eigenvalue weighted by Gasteiger charge is -2.16. The van der Waals surface area contributed by atoms with E-state index in [9.17, 15) is 14.9 Å². The van der Waals surface area contributed by atoms with Gasteiger partial charge in [-0.25, -0.2) is 0 Å². The van der Waals surface area contributed by atoms with Gasteiger partial charge in [0.25, 0.3) is 0 Å². The molecule has 23 heavy (non-hydrogen) atoms. The highest BCUT2D eigenvalue weighted by Crippen LogP contribution is 2.11. The second-order valence-electron chi connectivity index (χ2n) is 5.26. The molecule has 0 N–H and O–H groups in total. The standard InChI is InChI=1S/C14H20N6O3/c1-4-19-11(2)12(9-15-19)10-17(3)14(21)6-8-18-7-5-13(16-18)20(22)23/h5,7,9H,4,6,8,10H2,1-3H3. The molecule has 2 aromatic rings. The molecule has 0 saturated heterocycles. The Labute approximate surface area is 133 Å². The van der Waals surface area contributed by atoms with Gasteiger partial charge in [0, 0.05) is 37.8 Å². The van der Waals surface area contributed by atoms with Crippen LogP contribution in [-0.4, -0.2) is 42.3 Å². The summed E-state index contributed by atoms with van der Waals surface area (Å²) in [6.45, 7) is 5.59. The molecule has 0 unspecified atom stereocenters. The minimum atomic E-state index is -0.557. The third-order valence-corrected chi connectivity index (χ3v) is 3.71. The zero-order chi connectivity index (χ0) is 17.0. The van der Waals surface area contributed by atoms with Crippen LogP contribution in [0.4, 0.5) is 5.82 Å². The van der Waals surface area contributed by atoms with E-state index in [1.165, 1.54) is 16.9 Å². The van der Waals surface area contributed by atoms with Crippen molar-refractivity contribution in [2.75, 3.05) is 7.05 Å². The van der Waals surface area contributed by atoms with E-state index in [4.69, 9.17) is 0 Å². The van der Waals surface area contributed by atoms with Gasteiger partial charge < -0.3 is 15.0 Å². The van der Waals surface area contributed by atoms with E-state index in [0.29, 0.717) is 13.1 Å². The molecule has 0 atom stereocenters. The van der Waals surface area contributed by atoms with Crippen molar-refractivity contribution in [3.63, 3.8) is 0 Å². The summed E-state index contributed by atoms with van der Waals surface area (Å²) in [5.41, 5.74) is 2.06. The summed E-state index contributed by atoms with van der Waals surface area (Å²) in [6.07, 6.45) is 3.51. The fraction of sp³-hybridized carbons (Fsp3) is 0.500. The number of rotatable bonds is 7. The molecule has 0 aromatic carbocycles. The molecule has 0 aliphatic rings. The number of carbonyl (C=O) groups excluding carboxylic acids is 1. The van der Waals surface area contributed by atoms with Gasteiger partial charge in [0.15, 0.2) is 0 Å². The molecular formula is C14H20N6O3. The number of aryl methyl sites for hydroxylation is 2. The quantitative estimate of drug-likeness (QED) is 0.566. The topological polar surface area (TPSA) is 99.1 Å². The molecule has 0 aliphatic heterocycles. The summed E-state index contributed by atoms with van der Waals surface area (Å²) in [5.74, 6) is -0.264. The van der Waals surface area contributed by atoms with Crippen LogP contribution >= 0.6 is 0 Å². The molecular weight excluding hydrogens is 300 g/mol. The summed E-state index contributed by atoms with van der Waals surface area (Å²) in [4.78, 5) is 23.8. The molecule has 9 heteroatoms. The van der Waals surface area contributed by atoms with Crippen LogP contribution in [0.25, 0.3) is 0 Å². The average Bonchev–Trinajstić information content (AvgIpc) is 3.12. The van der Waals surface area contributed by atoms with Gasteiger partial charge in [-0.05, 0) is 18.8 Å². The van der Waals surface area contributed by atoms with E-state index >= 15 is 0 Å². The van der Waals surface area contributed by atoms with Crippen LogP contribution in [0.3, 0.4) is 0 Å². The highest BCUT2D eigenvalue weighted by molar-refractivity contribution is 5.75. The first-order valence-electron chi connectivity index (χ1n) is 7.35. The fourth-order valence-corrected chi connectivity index (χ4v) is 2.28. The van der Waals surface area contributed by atoms with Gasteiger partial charge in [-0.2, -0.15) is 9.78 Å². The van der Waals surface area contributed by atoms with E-state index in [2.05, 4.69) is 10.2 Å². The van der Waals surface area contributed by atoms with Crippen molar-refractivity contribution in [3.05, 3.63) is 39.8 Å². The highest BCUT2D eigenvalue weighted by atomic mass is 16.6. The summed E-state index contributed by atoms with van der Waals surface area (Å²) < 4.78 is 3.29. The lowest BCUT2D eigenvalue weighted by molar-refractivity contribution is -0.389. The summed E-state index contributed by atoms with van der Waals surface area (Å²) in [6, 6.07) is 1.32. The highest BCUT2D eigenvalue weighted by Gasteiger charge is 2.15. The second-order valence-corrected chi connectivity index (χ2v) is 5.26. The molecule has 2 heterocycles. The maximum Gasteiger partial charge on any atom is 0.389 e. The van der Waals surface area contributed by atoms with Crippen LogP contribution < -0.4 is 0 Å². The maximum atomic E-state index is 12.2. The lowest BCUT2D eigenvalue weighted by Crippen LogP contribution is -2.27. The van der Waals surface area contributed by atoms with Gasteiger partial charge in [-0.15, -0.1) is 0 Å². The van der Waals surface area contributed by atoms with Crippen LogP contribution in [0, 0.1) is 17.0 Å². The van der Waals surface area contributed by atoms with Crippen molar-refractivity contribution >= 4 is 11.7 Å². The van der Waals surface area contributed by atoms with Gasteiger partial charge in [0.2, 0.25) is 5.91 Å². The molecule has 9 nitrogen and oxygen atoms in total. The van der Waals surface area contributed by atoms with Crippen molar-refractivity contribution in [1.82, 2.24) is 24.5 Å². The Morgan fingerprint density at radius 1 is 1.48 bits per heavy atom. The number of carbonyl (C=O) groups is 1. The first-order chi connectivity index (χ1) is 10.9. The number of nitrogens with zero attached hydrogens (tertiary/aromatic N) is 6. The Morgan fingerprint density at radius 2 is 2.22 bits per heavy atom. The predicted molar refractivity (Wildman–Crippen MR) is 82.6 cm³/mol. The summed E-state index contributed by atoms with van der Waals surface area (Å²) in [7, 11) is 1.73. The van der Waals surface area contributed by atoms with E-state index in [-0.39, 0.29) is 18.1 Å². The van der Waals surface area contributed by atoms with Crippen molar-refractivity contribution < 1.29 is 9.72 Å². The van der Waals surface area contributed by atoms with Crippen molar-refractivity contribution in [2.24, 2.45) is 0 Å². The van der Waals surface area contributed by atoms with Crippen molar-refractivity contribution in [3.8, 4) is 0 Å². The third kappa shape index (κ3) is 3.93. The lowest BCUT2D eigenvalue weighted by atomic mass is 10.2. The normalized spacial score (nSPS) is 10.7. The smallest absolute Gasteiger partial charge is 0.358 e. The summed E-state index contributed by atoms with van der Waals surface area (Å²) >= 11 is 0. The Balaban J connectivity index is 1.89. The molecule has 0 spiro atoms. The van der Waals surface area contributed by atoms with Gasteiger partial charge in [-0.1, -0.05) is 0 Å². The van der Waals surface area contributed by atoms with Crippen LogP contribution in [0.1, 0.15) is 24.6 Å². The van der Waals surface area contributed by atoms with E-state index in [1.54, 1.807) is 18.1 Å². The Bertz CT molecular complexity index is 705. The second kappa shape index (κ2) is 7.03. The Morgan fingerprint density at radius 3 is 2.78 bits per heavy atom. The number of amides is 1. The molecule has 0 fully saturated rings. The monoisotopic (exact) mass is 320 g/mol. The zero-order valence-electron chi connectivity index (χ0n) is 13.5. The zero-order valence-corrected chi connectivity index (χ0v) is 13.5. The SMILES string of the molecule is CCn1ncc(CN(C)C(=O)CCn2ccc([N+](=O)[O-])n2)c1C. The molecule has 2 aromatic heterocycles. The molecule has 1 amide bonds. The Hall–Kier alpha value is -2.71. The van der Waals surface area contributed by atoms with Crippen molar-refractivity contribution in [2.45, 2.75) is 39.9 Å². The third-order valence-electron chi connectivity index (χ3n) is 3.71. The fourth-order valence-electron chi connectivity index (χ4n) is 2.28. The number of hydrogen-bond donors (Lipinski definition) is 0. The van der Waals surface area contributed by atoms with Crippen LogP contribution in [0.5, 0.6) is 0 Å². The van der Waals surface area contributed by atoms with Crippen LogP contribution in [0.2, 0.25) is 0 Å². The van der Waals surface area contributed by atoms with Crippen molar-refractivity contribution in [1.29, 1.82) is 0 Å². The first-order valence-corrected chi connectivity index (χ1v) is 7.35. The van der Waals surface area contributed by atoms with Gasteiger partial charge >= 0.3 is 5.82 Å². The minimum absolute atomic E-state index is 0.0493. The molecule has 0 radical (unpaired) electrons. The van der Waals surface area contributed by atoms with E-state index in [1.807, 2.05) is 18.5 Å². The molecule has 0 bridgehead atoms. The minimum Gasteiger partial charge on any atom is -0.358 e. The van der Waals surface area contributed by atoms with Crippen LogP contribution in [-0.2, 0) is 24.4 Å². The van der Waals surface area contributed by atoms with Gasteiger partial charge in [0.1, 0.15) is 0 Å². The number of hydrogen-bond acceptors (Lipinski definition) is 5. The molecule has 0 aliphatic carbocycles. The molecule has 2 rings (SSSR count). The predicted octanol–water partition coefficient (Wildman–Crippen LogP) is 1.36. The molecule has 0 saturated carbocycles. The van der Waals surface area contributed by atoms with Gasteiger partial charge in [-0.3, -0.25) is 9.48 Å². The average molecular weight is 320 g/mol. The largest absolute Gasteiger partial charge is 0.389 e.